The summed E-state index contributed by atoms with van der Waals surface area (Å²) in [6, 6.07) is 16.5. The van der Waals surface area contributed by atoms with Crippen LogP contribution in [0.15, 0.2) is 48.5 Å². The zero-order valence-corrected chi connectivity index (χ0v) is 18.3. The van der Waals surface area contributed by atoms with Crippen molar-refractivity contribution in [1.29, 1.82) is 0 Å². The fourth-order valence-corrected chi connectivity index (χ4v) is 7.47. The first kappa shape index (κ1) is 17.6. The number of ether oxygens (including phenoxy) is 2. The third-order valence-corrected chi connectivity index (χ3v) is 8.76. The Morgan fingerprint density at radius 2 is 1.79 bits per heavy atom. The second-order valence-electron chi connectivity index (χ2n) is 10.0. The minimum absolute atomic E-state index is 0.0274. The number of carbonyl (C=O) groups excluding carboxylic acids is 2. The number of nitrogens with one attached hydrogen (secondary N) is 1. The Kier molecular flexibility index (Phi) is 2.66. The third kappa shape index (κ3) is 1.54. The second kappa shape index (κ2) is 5.13. The minimum atomic E-state index is -0.788. The van der Waals surface area contributed by atoms with Gasteiger partial charge in [-0.2, -0.15) is 0 Å². The normalized spacial score (nSPS) is 28.0. The zero-order valence-electron chi connectivity index (χ0n) is 18.3. The Hall–Kier alpha value is -3.84. The van der Waals surface area contributed by atoms with Crippen LogP contribution in [0.1, 0.15) is 35.0 Å². The summed E-state index contributed by atoms with van der Waals surface area (Å²) in [5.74, 6) is -0.240. The smallest absolute Gasteiger partial charge is 0.317 e. The van der Waals surface area contributed by atoms with Crippen molar-refractivity contribution < 1.29 is 19.1 Å². The van der Waals surface area contributed by atoms with Gasteiger partial charge in [-0.25, -0.2) is 0 Å². The number of fused-ring (bicyclic) bond motifs is 11. The molecule has 4 aliphatic rings. The Balaban J connectivity index is 1.63. The van der Waals surface area contributed by atoms with E-state index in [1.54, 1.807) is 0 Å². The van der Waals surface area contributed by atoms with Gasteiger partial charge in [0.05, 0.1) is 34.7 Å². The molecule has 3 aromatic carbocycles. The number of hydrogen-bond acceptors (Lipinski definition) is 4. The van der Waals surface area contributed by atoms with Crippen LogP contribution >= 0.6 is 0 Å². The average molecular weight is 449 g/mol. The van der Waals surface area contributed by atoms with E-state index in [-0.39, 0.29) is 18.1 Å². The highest BCUT2D eigenvalue weighted by atomic mass is 16.6. The lowest BCUT2D eigenvalue weighted by molar-refractivity contribution is -0.149. The van der Waals surface area contributed by atoms with E-state index in [0.29, 0.717) is 19.4 Å². The van der Waals surface area contributed by atoms with E-state index in [2.05, 4.69) is 38.7 Å². The number of amides is 1. The van der Waals surface area contributed by atoms with Gasteiger partial charge in [-0.05, 0) is 17.7 Å². The van der Waals surface area contributed by atoms with Crippen LogP contribution in [0.5, 0.6) is 0 Å². The van der Waals surface area contributed by atoms with Crippen molar-refractivity contribution in [3.05, 3.63) is 59.7 Å². The lowest BCUT2D eigenvalue weighted by atomic mass is 9.96. The molecular weight excluding hydrogens is 430 g/mol. The molecule has 1 saturated heterocycles. The van der Waals surface area contributed by atoms with Gasteiger partial charge in [0.15, 0.2) is 5.72 Å². The first-order chi connectivity index (χ1) is 16.6. The highest BCUT2D eigenvalue weighted by Crippen LogP contribution is 2.75. The average Bonchev–Trinajstić information content (AvgIpc) is 3.23. The summed E-state index contributed by atoms with van der Waals surface area (Å²) in [5.41, 5.74) is 4.41. The summed E-state index contributed by atoms with van der Waals surface area (Å²) in [4.78, 5) is 26.4. The van der Waals surface area contributed by atoms with Crippen molar-refractivity contribution in [1.82, 2.24) is 14.5 Å². The van der Waals surface area contributed by atoms with E-state index in [0.717, 1.165) is 54.7 Å². The van der Waals surface area contributed by atoms with E-state index in [1.165, 1.54) is 7.11 Å². The molecule has 3 aliphatic heterocycles. The molecule has 2 bridgehead atoms. The second-order valence-corrected chi connectivity index (χ2v) is 10.0. The molecule has 7 heteroatoms. The van der Waals surface area contributed by atoms with Crippen molar-refractivity contribution >= 4 is 55.5 Å². The SMILES string of the molecule is COC(=O)C12CC3OC1(C2)n1c2ccccc2c2c4c(c5c6ccccc6n3c5c21)C(=O)NC4. The lowest BCUT2D eigenvalue weighted by Gasteiger charge is -2.20. The number of para-hydroxylation sites is 2. The highest BCUT2D eigenvalue weighted by molar-refractivity contribution is 6.31. The quantitative estimate of drug-likeness (QED) is 0.388. The van der Waals surface area contributed by atoms with Gasteiger partial charge >= 0.3 is 5.97 Å². The predicted molar refractivity (Wildman–Crippen MR) is 125 cm³/mol. The number of rotatable bonds is 1. The van der Waals surface area contributed by atoms with E-state index in [9.17, 15) is 9.59 Å². The molecule has 1 aliphatic carbocycles. The number of methoxy groups -OCH3 is 1. The molecule has 1 N–H and O–H groups in total. The molecule has 34 heavy (non-hydrogen) atoms. The van der Waals surface area contributed by atoms with Gasteiger partial charge < -0.3 is 23.9 Å². The fourth-order valence-electron chi connectivity index (χ4n) is 7.47. The number of nitrogens with zero attached hydrogens (tertiary/aromatic N) is 2. The number of benzene rings is 3. The summed E-state index contributed by atoms with van der Waals surface area (Å²) in [6.45, 7) is 0.494. The van der Waals surface area contributed by atoms with Crippen LogP contribution in [0.2, 0.25) is 0 Å². The number of carbonyl (C=O) groups is 2. The Morgan fingerprint density at radius 1 is 1.06 bits per heavy atom. The van der Waals surface area contributed by atoms with Crippen LogP contribution in [-0.2, 0) is 26.5 Å². The molecule has 1 saturated carbocycles. The summed E-state index contributed by atoms with van der Waals surface area (Å²) in [6.07, 6.45) is 0.819. The van der Waals surface area contributed by atoms with Crippen molar-refractivity contribution in [3.63, 3.8) is 0 Å². The van der Waals surface area contributed by atoms with Crippen LogP contribution in [0, 0.1) is 5.41 Å². The van der Waals surface area contributed by atoms with Gasteiger partial charge in [0.25, 0.3) is 5.91 Å². The predicted octanol–water partition coefficient (Wildman–Crippen LogP) is 4.29. The third-order valence-electron chi connectivity index (χ3n) is 8.76. The summed E-state index contributed by atoms with van der Waals surface area (Å²) < 4.78 is 16.7. The first-order valence-corrected chi connectivity index (χ1v) is 11.7. The highest BCUT2D eigenvalue weighted by Gasteiger charge is 2.82. The minimum Gasteiger partial charge on any atom is -0.468 e. The van der Waals surface area contributed by atoms with Gasteiger partial charge in [-0.3, -0.25) is 9.59 Å². The molecule has 5 aromatic rings. The maximum atomic E-state index is 13.2. The van der Waals surface area contributed by atoms with Gasteiger partial charge in [0.2, 0.25) is 0 Å². The van der Waals surface area contributed by atoms with Gasteiger partial charge in [-0.1, -0.05) is 36.4 Å². The molecule has 5 heterocycles. The first-order valence-electron chi connectivity index (χ1n) is 11.7. The van der Waals surface area contributed by atoms with Crippen LogP contribution in [0.3, 0.4) is 0 Å². The van der Waals surface area contributed by atoms with Crippen molar-refractivity contribution in [2.75, 3.05) is 7.11 Å². The molecule has 1 amide bonds. The molecular formula is C27H19N3O4. The number of hydrogen-bond donors (Lipinski definition) is 1. The molecule has 3 unspecified atom stereocenters. The fraction of sp³-hybridized carbons (Fsp3) is 0.259. The summed E-state index contributed by atoms with van der Waals surface area (Å²) in [5, 5.41) is 7.26. The standard InChI is InChI=1S/C27H19N3O4/c1-33-25(32)26-10-18-29-16-8-4-2-6-13(16)20-21-15(11-28-24(21)31)19-14-7-3-5-9-17(14)30(23(19)22(20)29)27(26,12-26)34-18/h2-9,18H,10-12H2,1H3,(H,28,31). The zero-order chi connectivity index (χ0) is 22.6. The largest absolute Gasteiger partial charge is 0.468 e. The Bertz CT molecular complexity index is 1850. The van der Waals surface area contributed by atoms with Crippen LogP contribution in [0.25, 0.3) is 43.6 Å². The maximum absolute atomic E-state index is 13.2. The number of aromatic nitrogens is 2. The van der Waals surface area contributed by atoms with Gasteiger partial charge in [-0.15, -0.1) is 0 Å². The molecule has 1 spiro atoms. The molecule has 9 rings (SSSR count). The lowest BCUT2D eigenvalue weighted by Crippen LogP contribution is -2.28. The van der Waals surface area contributed by atoms with Crippen LogP contribution in [0.4, 0.5) is 0 Å². The molecule has 2 aromatic heterocycles. The van der Waals surface area contributed by atoms with Crippen molar-refractivity contribution in [3.8, 4) is 0 Å². The van der Waals surface area contributed by atoms with E-state index in [1.807, 2.05) is 24.3 Å². The number of esters is 1. The van der Waals surface area contributed by atoms with Crippen molar-refractivity contribution in [2.45, 2.75) is 31.3 Å². The maximum Gasteiger partial charge on any atom is 0.317 e. The topological polar surface area (TPSA) is 74.5 Å². The molecule has 166 valence electrons. The molecule has 0 radical (unpaired) electrons. The van der Waals surface area contributed by atoms with E-state index in [4.69, 9.17) is 9.47 Å². The molecule has 2 fully saturated rings. The van der Waals surface area contributed by atoms with Crippen molar-refractivity contribution in [2.24, 2.45) is 5.41 Å². The van der Waals surface area contributed by atoms with E-state index < -0.39 is 11.1 Å². The van der Waals surface area contributed by atoms with E-state index >= 15 is 0 Å². The van der Waals surface area contributed by atoms with Gasteiger partial charge in [0.1, 0.15) is 11.6 Å². The van der Waals surface area contributed by atoms with Crippen LogP contribution < -0.4 is 5.32 Å². The monoisotopic (exact) mass is 449 g/mol. The summed E-state index contributed by atoms with van der Waals surface area (Å²) >= 11 is 0. The van der Waals surface area contributed by atoms with Gasteiger partial charge in [0, 0.05) is 40.9 Å². The Morgan fingerprint density at radius 3 is 2.59 bits per heavy atom. The molecule has 7 nitrogen and oxygen atoms in total. The molecule has 3 atom stereocenters. The van der Waals surface area contributed by atoms with Crippen LogP contribution in [-0.4, -0.2) is 28.1 Å². The Labute approximate surface area is 192 Å². The summed E-state index contributed by atoms with van der Waals surface area (Å²) in [7, 11) is 1.46.